The third-order valence-electron chi connectivity index (χ3n) is 3.08. The average molecular weight is 368 g/mol. The SMILES string of the molecule is CN=C(NCC(=O)N(C)C)NC1CCCCC1.I. The number of aliphatic imine (C=N–C) groups is 1. The number of amides is 1. The van der Waals surface area contributed by atoms with Gasteiger partial charge in [0.15, 0.2) is 5.96 Å². The van der Waals surface area contributed by atoms with E-state index in [0.29, 0.717) is 12.6 Å². The predicted molar refractivity (Wildman–Crippen MR) is 85.5 cm³/mol. The molecule has 2 N–H and O–H groups in total. The highest BCUT2D eigenvalue weighted by Gasteiger charge is 2.14. The highest BCUT2D eigenvalue weighted by atomic mass is 127. The lowest BCUT2D eigenvalue weighted by atomic mass is 9.96. The van der Waals surface area contributed by atoms with Crippen LogP contribution in [0.3, 0.4) is 0 Å². The molecule has 0 saturated heterocycles. The fraction of sp³-hybridized carbons (Fsp3) is 0.833. The van der Waals surface area contributed by atoms with Gasteiger partial charge in [0.25, 0.3) is 0 Å². The number of likely N-dealkylation sites (N-methyl/N-ethyl adjacent to an activating group) is 1. The Morgan fingerprint density at radius 1 is 1.28 bits per heavy atom. The first-order chi connectivity index (χ1) is 8.13. The third kappa shape index (κ3) is 6.42. The zero-order chi connectivity index (χ0) is 12.7. The lowest BCUT2D eigenvalue weighted by molar-refractivity contribution is -0.127. The molecule has 1 aliphatic rings. The van der Waals surface area contributed by atoms with Crippen molar-refractivity contribution < 1.29 is 4.79 Å². The number of nitrogens with zero attached hydrogens (tertiary/aromatic N) is 2. The minimum Gasteiger partial charge on any atom is -0.354 e. The molecule has 1 saturated carbocycles. The number of guanidine groups is 1. The van der Waals surface area contributed by atoms with E-state index in [2.05, 4.69) is 15.6 Å². The zero-order valence-electron chi connectivity index (χ0n) is 11.5. The van der Waals surface area contributed by atoms with Gasteiger partial charge in [0.05, 0.1) is 6.54 Å². The molecule has 0 aromatic rings. The van der Waals surface area contributed by atoms with Crippen LogP contribution in [0.2, 0.25) is 0 Å². The Balaban J connectivity index is 0.00000289. The maximum absolute atomic E-state index is 11.4. The molecular weight excluding hydrogens is 343 g/mol. The molecule has 1 rings (SSSR count). The second-order valence-electron chi connectivity index (χ2n) is 4.69. The molecular formula is C12H25IN4O. The van der Waals surface area contributed by atoms with Crippen molar-refractivity contribution in [1.82, 2.24) is 15.5 Å². The summed E-state index contributed by atoms with van der Waals surface area (Å²) in [6, 6.07) is 0.504. The van der Waals surface area contributed by atoms with E-state index >= 15 is 0 Å². The van der Waals surface area contributed by atoms with Gasteiger partial charge >= 0.3 is 0 Å². The van der Waals surface area contributed by atoms with E-state index in [0.717, 1.165) is 5.96 Å². The summed E-state index contributed by atoms with van der Waals surface area (Å²) in [5, 5.41) is 6.41. The summed E-state index contributed by atoms with van der Waals surface area (Å²) in [5.41, 5.74) is 0. The fourth-order valence-corrected chi connectivity index (χ4v) is 1.95. The van der Waals surface area contributed by atoms with Crippen molar-refractivity contribution in [3.05, 3.63) is 0 Å². The van der Waals surface area contributed by atoms with Crippen LogP contribution in [0.1, 0.15) is 32.1 Å². The quantitative estimate of drug-likeness (QED) is 0.447. The van der Waals surface area contributed by atoms with Gasteiger partial charge in [-0.15, -0.1) is 24.0 Å². The van der Waals surface area contributed by atoms with E-state index in [9.17, 15) is 4.79 Å². The Labute approximate surface area is 127 Å². The average Bonchev–Trinajstić information content (AvgIpc) is 2.35. The van der Waals surface area contributed by atoms with E-state index < -0.39 is 0 Å². The number of carbonyl (C=O) groups excluding carboxylic acids is 1. The molecule has 18 heavy (non-hydrogen) atoms. The minimum absolute atomic E-state index is 0. The molecule has 106 valence electrons. The van der Waals surface area contributed by atoms with Crippen LogP contribution in [0, 0.1) is 0 Å². The van der Waals surface area contributed by atoms with Crippen LogP contribution in [0.15, 0.2) is 4.99 Å². The van der Waals surface area contributed by atoms with Gasteiger partial charge in [-0.1, -0.05) is 19.3 Å². The van der Waals surface area contributed by atoms with Crippen molar-refractivity contribution in [2.45, 2.75) is 38.1 Å². The summed E-state index contributed by atoms with van der Waals surface area (Å²) in [5.74, 6) is 0.781. The van der Waals surface area contributed by atoms with E-state index in [4.69, 9.17) is 0 Å². The minimum atomic E-state index is 0. The van der Waals surface area contributed by atoms with Gasteiger partial charge in [-0.3, -0.25) is 9.79 Å². The van der Waals surface area contributed by atoms with Gasteiger partial charge in [-0.2, -0.15) is 0 Å². The molecule has 0 heterocycles. The van der Waals surface area contributed by atoms with Crippen LogP contribution >= 0.6 is 24.0 Å². The Hall–Kier alpha value is -0.530. The predicted octanol–water partition coefficient (Wildman–Crippen LogP) is 1.19. The van der Waals surface area contributed by atoms with Crippen molar-refractivity contribution in [3.8, 4) is 0 Å². The van der Waals surface area contributed by atoms with Crippen molar-refractivity contribution in [3.63, 3.8) is 0 Å². The van der Waals surface area contributed by atoms with Crippen LogP contribution in [0.4, 0.5) is 0 Å². The van der Waals surface area contributed by atoms with Gasteiger partial charge in [0.2, 0.25) is 5.91 Å². The molecule has 5 nitrogen and oxygen atoms in total. The number of rotatable bonds is 3. The van der Waals surface area contributed by atoms with Gasteiger partial charge in [0.1, 0.15) is 0 Å². The van der Waals surface area contributed by atoms with E-state index in [-0.39, 0.29) is 29.9 Å². The first-order valence-corrected chi connectivity index (χ1v) is 6.31. The van der Waals surface area contributed by atoms with E-state index in [1.807, 2.05) is 0 Å². The summed E-state index contributed by atoms with van der Waals surface area (Å²) >= 11 is 0. The van der Waals surface area contributed by atoms with E-state index in [1.165, 1.54) is 32.1 Å². The highest BCUT2D eigenvalue weighted by molar-refractivity contribution is 14.0. The van der Waals surface area contributed by atoms with Gasteiger partial charge < -0.3 is 15.5 Å². The second kappa shape index (κ2) is 9.41. The number of nitrogens with one attached hydrogen (secondary N) is 2. The third-order valence-corrected chi connectivity index (χ3v) is 3.08. The molecule has 0 atom stereocenters. The van der Waals surface area contributed by atoms with Crippen LogP contribution in [-0.4, -0.2) is 50.5 Å². The molecule has 0 spiro atoms. The molecule has 1 amide bonds. The Bertz CT molecular complexity index is 275. The Kier molecular flexibility index (Phi) is 9.13. The molecule has 0 aromatic heterocycles. The topological polar surface area (TPSA) is 56.7 Å². The van der Waals surface area contributed by atoms with Crippen LogP contribution in [-0.2, 0) is 4.79 Å². The Morgan fingerprint density at radius 2 is 1.89 bits per heavy atom. The molecule has 1 fully saturated rings. The summed E-state index contributed by atoms with van der Waals surface area (Å²) in [4.78, 5) is 17.1. The molecule has 0 radical (unpaired) electrons. The van der Waals surface area contributed by atoms with Crippen LogP contribution in [0.5, 0.6) is 0 Å². The van der Waals surface area contributed by atoms with Gasteiger partial charge in [-0.05, 0) is 12.8 Å². The molecule has 6 heteroatoms. The first kappa shape index (κ1) is 17.5. The zero-order valence-corrected chi connectivity index (χ0v) is 13.9. The van der Waals surface area contributed by atoms with Crippen LogP contribution in [0.25, 0.3) is 0 Å². The number of hydrogen-bond acceptors (Lipinski definition) is 2. The standard InChI is InChI=1S/C12H24N4O.HI/c1-13-12(14-9-11(17)16(2)3)15-10-7-5-4-6-8-10;/h10H,4-9H2,1-3H3,(H2,13,14,15);1H. The molecule has 1 aliphatic carbocycles. The van der Waals surface area contributed by atoms with Crippen molar-refractivity contribution in [2.24, 2.45) is 4.99 Å². The van der Waals surface area contributed by atoms with E-state index in [1.54, 1.807) is 26.0 Å². The fourth-order valence-electron chi connectivity index (χ4n) is 1.95. The first-order valence-electron chi connectivity index (χ1n) is 6.31. The second-order valence-corrected chi connectivity index (χ2v) is 4.69. The van der Waals surface area contributed by atoms with Gasteiger partial charge in [0, 0.05) is 27.2 Å². The maximum atomic E-state index is 11.4. The Morgan fingerprint density at radius 3 is 2.39 bits per heavy atom. The summed E-state index contributed by atoms with van der Waals surface area (Å²) < 4.78 is 0. The largest absolute Gasteiger partial charge is 0.354 e. The van der Waals surface area contributed by atoms with Crippen molar-refractivity contribution in [1.29, 1.82) is 0 Å². The molecule has 0 unspecified atom stereocenters. The number of carbonyl (C=O) groups is 1. The lowest BCUT2D eigenvalue weighted by Crippen LogP contribution is -2.47. The van der Waals surface area contributed by atoms with Crippen molar-refractivity contribution >= 4 is 35.8 Å². The maximum Gasteiger partial charge on any atom is 0.241 e. The summed E-state index contributed by atoms with van der Waals surface area (Å²) in [7, 11) is 5.24. The number of hydrogen-bond donors (Lipinski definition) is 2. The van der Waals surface area contributed by atoms with Crippen molar-refractivity contribution in [2.75, 3.05) is 27.7 Å². The highest BCUT2D eigenvalue weighted by Crippen LogP contribution is 2.17. The number of halogens is 1. The monoisotopic (exact) mass is 368 g/mol. The molecule has 0 bridgehead atoms. The smallest absolute Gasteiger partial charge is 0.241 e. The van der Waals surface area contributed by atoms with Gasteiger partial charge in [-0.25, -0.2) is 0 Å². The molecule has 0 aromatic carbocycles. The van der Waals surface area contributed by atoms with Crippen LogP contribution < -0.4 is 10.6 Å². The summed E-state index contributed by atoms with van der Waals surface area (Å²) in [6.07, 6.45) is 6.30. The summed E-state index contributed by atoms with van der Waals surface area (Å²) in [6.45, 7) is 0.291. The molecule has 0 aliphatic heterocycles. The normalized spacial score (nSPS) is 16.7. The lowest BCUT2D eigenvalue weighted by Gasteiger charge is -2.25.